The van der Waals surface area contributed by atoms with Crippen molar-refractivity contribution in [2.75, 3.05) is 22.4 Å². The quantitative estimate of drug-likeness (QED) is 0.843. The number of amides is 1. The van der Waals surface area contributed by atoms with Crippen molar-refractivity contribution < 1.29 is 17.9 Å². The number of hydrogen-bond donors (Lipinski definition) is 1. The van der Waals surface area contributed by atoms with Gasteiger partial charge in [-0.05, 0) is 49.2 Å². The molecule has 2 aromatic rings. The number of hydrogen-bond acceptors (Lipinski definition) is 4. The zero-order chi connectivity index (χ0) is 19.8. The molecule has 1 aliphatic heterocycles. The second kappa shape index (κ2) is 7.40. The van der Waals surface area contributed by atoms with Gasteiger partial charge in [-0.15, -0.1) is 0 Å². The molecule has 144 valence electrons. The Morgan fingerprint density at radius 2 is 2.00 bits per heavy atom. The fourth-order valence-corrected chi connectivity index (χ4v) is 4.09. The van der Waals surface area contributed by atoms with Crippen molar-refractivity contribution in [2.24, 2.45) is 0 Å². The van der Waals surface area contributed by atoms with Gasteiger partial charge in [-0.2, -0.15) is 0 Å². The lowest BCUT2D eigenvalue weighted by Crippen LogP contribution is -2.36. The van der Waals surface area contributed by atoms with Crippen LogP contribution in [0, 0.1) is 13.8 Å². The highest BCUT2D eigenvalue weighted by molar-refractivity contribution is 7.92. The molecule has 0 fully saturated rings. The molecule has 0 spiro atoms. The van der Waals surface area contributed by atoms with Gasteiger partial charge in [0.1, 0.15) is 5.75 Å². The van der Waals surface area contributed by atoms with E-state index in [0.717, 1.165) is 17.4 Å². The first-order valence-corrected chi connectivity index (χ1v) is 10.7. The third-order valence-electron chi connectivity index (χ3n) is 4.47. The number of fused-ring (bicyclic) bond motifs is 1. The SMILES string of the molecule is Cc1ccc2c(c1)N(S(C)(=O)=O)CC[C@@H](C(=O)Nc1cccc(Cl)c1C)O2. The molecule has 0 radical (unpaired) electrons. The van der Waals surface area contributed by atoms with Gasteiger partial charge in [-0.1, -0.05) is 23.7 Å². The standard InChI is InChI=1S/C19H21ClN2O4S/c1-12-7-8-17-16(11-12)22(27(3,24)25)10-9-18(26-17)19(23)21-15-6-4-5-14(20)13(15)2/h4-8,11,18H,9-10H2,1-3H3,(H,21,23)/t18-/m0/s1. The van der Waals surface area contributed by atoms with Gasteiger partial charge >= 0.3 is 0 Å². The van der Waals surface area contributed by atoms with Gasteiger partial charge < -0.3 is 10.1 Å². The van der Waals surface area contributed by atoms with Crippen LogP contribution in [0.5, 0.6) is 5.75 Å². The summed E-state index contributed by atoms with van der Waals surface area (Å²) in [4.78, 5) is 12.8. The highest BCUT2D eigenvalue weighted by Gasteiger charge is 2.31. The highest BCUT2D eigenvalue weighted by atomic mass is 35.5. The lowest BCUT2D eigenvalue weighted by Gasteiger charge is -2.21. The number of aryl methyl sites for hydroxylation is 1. The summed E-state index contributed by atoms with van der Waals surface area (Å²) in [6.45, 7) is 3.84. The number of nitrogens with zero attached hydrogens (tertiary/aromatic N) is 1. The molecular formula is C19H21ClN2O4S. The highest BCUT2D eigenvalue weighted by Crippen LogP contribution is 2.35. The predicted octanol–water partition coefficient (Wildman–Crippen LogP) is 3.51. The summed E-state index contributed by atoms with van der Waals surface area (Å²) in [5, 5.41) is 3.38. The Morgan fingerprint density at radius 1 is 1.26 bits per heavy atom. The van der Waals surface area contributed by atoms with Crippen molar-refractivity contribution in [3.05, 3.63) is 52.5 Å². The van der Waals surface area contributed by atoms with Crippen molar-refractivity contribution in [2.45, 2.75) is 26.4 Å². The number of carbonyl (C=O) groups is 1. The number of halogens is 1. The molecular weight excluding hydrogens is 388 g/mol. The minimum atomic E-state index is -3.50. The second-order valence-corrected chi connectivity index (χ2v) is 8.92. The van der Waals surface area contributed by atoms with E-state index in [4.69, 9.17) is 16.3 Å². The maximum absolute atomic E-state index is 12.8. The average Bonchev–Trinajstić information content (AvgIpc) is 2.78. The Morgan fingerprint density at radius 3 is 2.70 bits per heavy atom. The molecule has 0 saturated carbocycles. The van der Waals surface area contributed by atoms with Crippen LogP contribution in [-0.4, -0.2) is 33.2 Å². The van der Waals surface area contributed by atoms with E-state index >= 15 is 0 Å². The third kappa shape index (κ3) is 4.20. The van der Waals surface area contributed by atoms with Gasteiger partial charge in [-0.3, -0.25) is 9.10 Å². The normalized spacial score (nSPS) is 16.9. The van der Waals surface area contributed by atoms with Crippen LogP contribution >= 0.6 is 11.6 Å². The fourth-order valence-electron chi connectivity index (χ4n) is 2.97. The summed E-state index contributed by atoms with van der Waals surface area (Å²) in [5.41, 5.74) is 2.72. The van der Waals surface area contributed by atoms with Gasteiger partial charge in [0.25, 0.3) is 5.91 Å². The van der Waals surface area contributed by atoms with Gasteiger partial charge in [-0.25, -0.2) is 8.42 Å². The summed E-state index contributed by atoms with van der Waals surface area (Å²) >= 11 is 6.10. The van der Waals surface area contributed by atoms with E-state index in [0.29, 0.717) is 22.1 Å². The van der Waals surface area contributed by atoms with E-state index < -0.39 is 16.1 Å². The van der Waals surface area contributed by atoms with E-state index in [9.17, 15) is 13.2 Å². The molecule has 0 aromatic heterocycles. The van der Waals surface area contributed by atoms with Crippen molar-refractivity contribution >= 4 is 38.9 Å². The molecule has 2 aromatic carbocycles. The molecule has 3 rings (SSSR count). The Kier molecular flexibility index (Phi) is 5.35. The second-order valence-electron chi connectivity index (χ2n) is 6.60. The molecule has 1 heterocycles. The molecule has 0 saturated heterocycles. The van der Waals surface area contributed by atoms with Crippen LogP contribution in [0.15, 0.2) is 36.4 Å². The van der Waals surface area contributed by atoms with Crippen LogP contribution < -0.4 is 14.4 Å². The van der Waals surface area contributed by atoms with Crippen molar-refractivity contribution in [1.29, 1.82) is 0 Å². The van der Waals surface area contributed by atoms with Crippen LogP contribution in [0.25, 0.3) is 0 Å². The van der Waals surface area contributed by atoms with E-state index in [1.165, 1.54) is 4.31 Å². The maximum Gasteiger partial charge on any atom is 0.265 e. The number of ether oxygens (including phenoxy) is 1. The summed E-state index contributed by atoms with van der Waals surface area (Å²) in [5.74, 6) is 0.0220. The first kappa shape index (κ1) is 19.5. The largest absolute Gasteiger partial charge is 0.478 e. The lowest BCUT2D eigenvalue weighted by atomic mass is 10.1. The zero-order valence-electron chi connectivity index (χ0n) is 15.3. The Labute approximate surface area is 164 Å². The molecule has 1 atom stereocenters. The molecule has 1 amide bonds. The molecule has 6 nitrogen and oxygen atoms in total. The van der Waals surface area contributed by atoms with Crippen LogP contribution in [0.4, 0.5) is 11.4 Å². The Balaban J connectivity index is 1.90. The third-order valence-corrected chi connectivity index (χ3v) is 6.05. The van der Waals surface area contributed by atoms with Gasteiger partial charge in [0.15, 0.2) is 6.10 Å². The van der Waals surface area contributed by atoms with Crippen LogP contribution in [-0.2, 0) is 14.8 Å². The molecule has 27 heavy (non-hydrogen) atoms. The number of carbonyl (C=O) groups excluding carboxylic acids is 1. The molecule has 1 N–H and O–H groups in total. The summed E-state index contributed by atoms with van der Waals surface area (Å²) in [6, 6.07) is 10.5. The summed E-state index contributed by atoms with van der Waals surface area (Å²) < 4.78 is 31.6. The van der Waals surface area contributed by atoms with Crippen LogP contribution in [0.1, 0.15) is 17.5 Å². The van der Waals surface area contributed by atoms with Gasteiger partial charge in [0, 0.05) is 23.7 Å². The van der Waals surface area contributed by atoms with Gasteiger partial charge in [0.05, 0.1) is 11.9 Å². The minimum Gasteiger partial charge on any atom is -0.478 e. The fraction of sp³-hybridized carbons (Fsp3) is 0.316. The number of rotatable bonds is 3. The summed E-state index contributed by atoms with van der Waals surface area (Å²) in [7, 11) is -3.50. The van der Waals surface area contributed by atoms with Crippen molar-refractivity contribution in [3.63, 3.8) is 0 Å². The number of benzene rings is 2. The van der Waals surface area contributed by atoms with E-state index in [1.54, 1.807) is 30.3 Å². The maximum atomic E-state index is 12.8. The lowest BCUT2D eigenvalue weighted by molar-refractivity contribution is -0.122. The topological polar surface area (TPSA) is 75.7 Å². The monoisotopic (exact) mass is 408 g/mol. The summed E-state index contributed by atoms with van der Waals surface area (Å²) in [6.07, 6.45) is 0.553. The molecule has 0 aliphatic carbocycles. The molecule has 0 bridgehead atoms. The molecule has 1 aliphatic rings. The smallest absolute Gasteiger partial charge is 0.265 e. The van der Waals surface area contributed by atoms with E-state index in [2.05, 4.69) is 5.32 Å². The van der Waals surface area contributed by atoms with E-state index in [-0.39, 0.29) is 18.9 Å². The van der Waals surface area contributed by atoms with Gasteiger partial charge in [0.2, 0.25) is 10.0 Å². The van der Waals surface area contributed by atoms with Crippen molar-refractivity contribution in [1.82, 2.24) is 0 Å². The minimum absolute atomic E-state index is 0.155. The average molecular weight is 409 g/mol. The number of anilines is 2. The number of sulfonamides is 1. The van der Waals surface area contributed by atoms with Crippen LogP contribution in [0.3, 0.4) is 0 Å². The van der Waals surface area contributed by atoms with Crippen LogP contribution in [0.2, 0.25) is 5.02 Å². The first-order chi connectivity index (χ1) is 12.7. The Hall–Kier alpha value is -2.25. The molecule has 0 unspecified atom stereocenters. The predicted molar refractivity (Wildman–Crippen MR) is 107 cm³/mol. The Bertz CT molecular complexity index is 991. The first-order valence-electron chi connectivity index (χ1n) is 8.48. The van der Waals surface area contributed by atoms with E-state index in [1.807, 2.05) is 19.9 Å². The number of nitrogens with one attached hydrogen (secondary N) is 1. The zero-order valence-corrected chi connectivity index (χ0v) is 16.9. The molecule has 8 heteroatoms. The van der Waals surface area contributed by atoms with Crippen molar-refractivity contribution in [3.8, 4) is 5.75 Å².